The van der Waals surface area contributed by atoms with Crippen molar-refractivity contribution >= 4 is 29.1 Å². The highest BCUT2D eigenvalue weighted by molar-refractivity contribution is 6.39. The number of carbonyl (C=O) groups excluding carboxylic acids is 3. The predicted octanol–water partition coefficient (Wildman–Crippen LogP) is 1.04. The molecular formula is C17H24N4O3. The molecule has 130 valence electrons. The molecule has 1 aromatic rings. The minimum atomic E-state index is -0.685. The number of amides is 3. The molecule has 1 aromatic carbocycles. The number of nitrogens with one attached hydrogen (secondary N) is 3. The molecule has 0 aliphatic carbocycles. The van der Waals surface area contributed by atoms with E-state index in [0.29, 0.717) is 23.8 Å². The number of anilines is 2. The van der Waals surface area contributed by atoms with E-state index in [0.717, 1.165) is 25.9 Å². The van der Waals surface area contributed by atoms with E-state index in [4.69, 9.17) is 0 Å². The first kappa shape index (κ1) is 17.9. The molecule has 0 atom stereocenters. The number of piperidine rings is 1. The van der Waals surface area contributed by atoms with Gasteiger partial charge in [-0.2, -0.15) is 0 Å². The largest absolute Gasteiger partial charge is 0.348 e. The van der Waals surface area contributed by atoms with Crippen LogP contribution in [0.1, 0.15) is 19.8 Å². The van der Waals surface area contributed by atoms with Gasteiger partial charge in [-0.25, -0.2) is 0 Å². The summed E-state index contributed by atoms with van der Waals surface area (Å²) in [6.07, 6.45) is 2.06. The monoisotopic (exact) mass is 332 g/mol. The molecule has 7 heteroatoms. The Bertz CT molecular complexity index is 592. The van der Waals surface area contributed by atoms with Crippen molar-refractivity contribution < 1.29 is 14.4 Å². The van der Waals surface area contributed by atoms with Crippen LogP contribution in [-0.2, 0) is 14.4 Å². The highest BCUT2D eigenvalue weighted by Crippen LogP contribution is 2.15. The van der Waals surface area contributed by atoms with Crippen molar-refractivity contribution in [2.45, 2.75) is 19.8 Å². The predicted molar refractivity (Wildman–Crippen MR) is 92.6 cm³/mol. The van der Waals surface area contributed by atoms with Gasteiger partial charge >= 0.3 is 11.8 Å². The van der Waals surface area contributed by atoms with E-state index < -0.39 is 11.8 Å². The molecule has 0 aromatic heterocycles. The zero-order valence-electron chi connectivity index (χ0n) is 14.1. The number of hydrogen-bond donors (Lipinski definition) is 3. The van der Waals surface area contributed by atoms with Crippen LogP contribution < -0.4 is 16.0 Å². The Morgan fingerprint density at radius 1 is 1.00 bits per heavy atom. The van der Waals surface area contributed by atoms with Gasteiger partial charge in [-0.1, -0.05) is 0 Å². The second-order valence-electron chi connectivity index (χ2n) is 6.17. The Hall–Kier alpha value is -2.41. The molecule has 0 saturated carbocycles. The van der Waals surface area contributed by atoms with Gasteiger partial charge in [0.15, 0.2) is 0 Å². The van der Waals surface area contributed by atoms with Crippen LogP contribution in [0.5, 0.6) is 0 Å². The standard InChI is InChI=1S/C17H24N4O3/c1-12(22)19-14-3-5-15(6-4-14)20-17(24)16(23)18-11-13-7-9-21(2)10-8-13/h3-6,13H,7-11H2,1-2H3,(H,18,23)(H,19,22)(H,20,24). The molecule has 3 amide bonds. The fraction of sp³-hybridized carbons (Fsp3) is 0.471. The van der Waals surface area contributed by atoms with E-state index in [1.165, 1.54) is 6.92 Å². The molecule has 0 unspecified atom stereocenters. The average Bonchev–Trinajstić information content (AvgIpc) is 2.55. The molecule has 1 heterocycles. The van der Waals surface area contributed by atoms with Crippen molar-refractivity contribution in [3.63, 3.8) is 0 Å². The molecule has 1 aliphatic heterocycles. The summed E-state index contributed by atoms with van der Waals surface area (Å²) in [5, 5.41) is 7.88. The van der Waals surface area contributed by atoms with Crippen LogP contribution in [0.2, 0.25) is 0 Å². The molecule has 3 N–H and O–H groups in total. The zero-order valence-corrected chi connectivity index (χ0v) is 14.1. The maximum absolute atomic E-state index is 11.9. The van der Waals surface area contributed by atoms with Crippen LogP contribution in [0.4, 0.5) is 11.4 Å². The lowest BCUT2D eigenvalue weighted by atomic mass is 9.97. The van der Waals surface area contributed by atoms with Gasteiger partial charge in [-0.05, 0) is 63.2 Å². The minimum absolute atomic E-state index is 0.167. The Morgan fingerprint density at radius 2 is 1.54 bits per heavy atom. The van der Waals surface area contributed by atoms with Gasteiger partial charge in [0.2, 0.25) is 5.91 Å². The van der Waals surface area contributed by atoms with Crippen LogP contribution in [0.15, 0.2) is 24.3 Å². The van der Waals surface area contributed by atoms with Crippen molar-refractivity contribution in [2.75, 3.05) is 37.3 Å². The summed E-state index contributed by atoms with van der Waals surface area (Å²) in [5.41, 5.74) is 1.13. The summed E-state index contributed by atoms with van der Waals surface area (Å²) in [7, 11) is 2.08. The molecule has 0 radical (unpaired) electrons. The van der Waals surface area contributed by atoms with E-state index in [2.05, 4.69) is 27.9 Å². The first-order valence-corrected chi connectivity index (χ1v) is 8.09. The number of benzene rings is 1. The summed E-state index contributed by atoms with van der Waals surface area (Å²) in [6, 6.07) is 6.59. The van der Waals surface area contributed by atoms with Crippen molar-refractivity contribution in [3.05, 3.63) is 24.3 Å². The summed E-state index contributed by atoms with van der Waals surface area (Å²) in [5.74, 6) is -1.05. The number of carbonyl (C=O) groups is 3. The maximum Gasteiger partial charge on any atom is 0.313 e. The second-order valence-corrected chi connectivity index (χ2v) is 6.17. The van der Waals surface area contributed by atoms with E-state index in [9.17, 15) is 14.4 Å². The maximum atomic E-state index is 11.9. The van der Waals surface area contributed by atoms with Crippen molar-refractivity contribution in [2.24, 2.45) is 5.92 Å². The Balaban J connectivity index is 1.76. The summed E-state index contributed by atoms with van der Waals surface area (Å²) in [4.78, 5) is 37.0. The van der Waals surface area contributed by atoms with Crippen LogP contribution in [-0.4, -0.2) is 49.3 Å². The van der Waals surface area contributed by atoms with Crippen LogP contribution in [0, 0.1) is 5.92 Å². The zero-order chi connectivity index (χ0) is 17.5. The number of nitrogens with zero attached hydrogens (tertiary/aromatic N) is 1. The van der Waals surface area contributed by atoms with E-state index in [1.54, 1.807) is 24.3 Å². The molecule has 1 aliphatic rings. The van der Waals surface area contributed by atoms with Gasteiger partial charge in [0.1, 0.15) is 0 Å². The number of rotatable bonds is 4. The molecule has 24 heavy (non-hydrogen) atoms. The fourth-order valence-corrected chi connectivity index (χ4v) is 2.61. The molecule has 1 fully saturated rings. The molecular weight excluding hydrogens is 308 g/mol. The number of likely N-dealkylation sites (tertiary alicyclic amines) is 1. The van der Waals surface area contributed by atoms with Crippen molar-refractivity contribution in [3.8, 4) is 0 Å². The van der Waals surface area contributed by atoms with Crippen LogP contribution >= 0.6 is 0 Å². The topological polar surface area (TPSA) is 90.5 Å². The highest BCUT2D eigenvalue weighted by atomic mass is 16.2. The van der Waals surface area contributed by atoms with Crippen molar-refractivity contribution in [1.82, 2.24) is 10.2 Å². The molecule has 0 bridgehead atoms. The van der Waals surface area contributed by atoms with Gasteiger partial charge in [0, 0.05) is 24.8 Å². The van der Waals surface area contributed by atoms with Gasteiger partial charge in [-0.15, -0.1) is 0 Å². The van der Waals surface area contributed by atoms with Gasteiger partial charge in [0.05, 0.1) is 0 Å². The van der Waals surface area contributed by atoms with E-state index in [1.807, 2.05) is 0 Å². The third-order valence-electron chi connectivity index (χ3n) is 4.06. The first-order chi connectivity index (χ1) is 11.4. The molecule has 2 rings (SSSR count). The Morgan fingerprint density at radius 3 is 2.08 bits per heavy atom. The molecule has 0 spiro atoms. The SMILES string of the molecule is CC(=O)Nc1ccc(NC(=O)C(=O)NCC2CCN(C)CC2)cc1. The minimum Gasteiger partial charge on any atom is -0.348 e. The molecule has 1 saturated heterocycles. The second kappa shape index (κ2) is 8.44. The quantitative estimate of drug-likeness (QED) is 0.719. The summed E-state index contributed by atoms with van der Waals surface area (Å²) < 4.78 is 0. The molecule has 7 nitrogen and oxygen atoms in total. The van der Waals surface area contributed by atoms with Crippen LogP contribution in [0.25, 0.3) is 0 Å². The fourth-order valence-electron chi connectivity index (χ4n) is 2.61. The lowest BCUT2D eigenvalue weighted by Gasteiger charge is -2.28. The first-order valence-electron chi connectivity index (χ1n) is 8.09. The highest BCUT2D eigenvalue weighted by Gasteiger charge is 2.19. The smallest absolute Gasteiger partial charge is 0.313 e. The normalized spacial score (nSPS) is 15.6. The summed E-state index contributed by atoms with van der Waals surface area (Å²) in [6.45, 7) is 3.99. The summed E-state index contributed by atoms with van der Waals surface area (Å²) >= 11 is 0. The lowest BCUT2D eigenvalue weighted by molar-refractivity contribution is -0.136. The average molecular weight is 332 g/mol. The number of hydrogen-bond acceptors (Lipinski definition) is 4. The van der Waals surface area contributed by atoms with Gasteiger partial charge < -0.3 is 20.9 Å². The van der Waals surface area contributed by atoms with E-state index >= 15 is 0 Å². The van der Waals surface area contributed by atoms with Gasteiger partial charge in [0.25, 0.3) is 0 Å². The Kier molecular flexibility index (Phi) is 6.31. The van der Waals surface area contributed by atoms with Gasteiger partial charge in [-0.3, -0.25) is 14.4 Å². The lowest BCUT2D eigenvalue weighted by Crippen LogP contribution is -2.41. The third kappa shape index (κ3) is 5.66. The van der Waals surface area contributed by atoms with Crippen LogP contribution in [0.3, 0.4) is 0 Å². The van der Waals surface area contributed by atoms with E-state index in [-0.39, 0.29) is 5.91 Å². The van der Waals surface area contributed by atoms with Crippen molar-refractivity contribution in [1.29, 1.82) is 0 Å². The third-order valence-corrected chi connectivity index (χ3v) is 4.06. The Labute approximate surface area is 141 Å².